The third-order valence-corrected chi connectivity index (χ3v) is 4.22. The summed E-state index contributed by atoms with van der Waals surface area (Å²) in [5.41, 5.74) is 0. The van der Waals surface area contributed by atoms with Crippen molar-refractivity contribution < 1.29 is 17.4 Å². The maximum Gasteiger partial charge on any atom is 0.307 e. The van der Waals surface area contributed by atoms with Gasteiger partial charge in [-0.3, -0.25) is 4.55 Å². The summed E-state index contributed by atoms with van der Waals surface area (Å²) in [5, 5.41) is -0.491. The molecule has 0 radical (unpaired) electrons. The van der Waals surface area contributed by atoms with E-state index in [1.165, 1.54) is 0 Å². The van der Waals surface area contributed by atoms with Crippen LogP contribution in [0.25, 0.3) is 0 Å². The molecule has 0 amide bonds. The third-order valence-electron chi connectivity index (χ3n) is 0.961. The van der Waals surface area contributed by atoms with Gasteiger partial charge in [0, 0.05) is 0 Å². The van der Waals surface area contributed by atoms with Crippen molar-refractivity contribution in [2.75, 3.05) is 0 Å². The average Bonchev–Trinajstić information content (AvgIpc) is 2.15. The summed E-state index contributed by atoms with van der Waals surface area (Å²) in [6.45, 7) is 0. The first-order chi connectivity index (χ1) is 5.34. The van der Waals surface area contributed by atoms with Crippen LogP contribution >= 0.6 is 34.5 Å². The molecule has 0 aliphatic carbocycles. The average molecular weight is 251 g/mol. The SMILES string of the molecule is O=S(=O)(O)c1sc(Cl)c(Cl)c1F. The molecule has 0 bridgehead atoms. The minimum absolute atomic E-state index is 0.207. The molecule has 68 valence electrons. The fourth-order valence-electron chi connectivity index (χ4n) is 0.513. The van der Waals surface area contributed by atoms with Gasteiger partial charge in [0.05, 0.1) is 0 Å². The molecule has 0 aliphatic heterocycles. The van der Waals surface area contributed by atoms with Gasteiger partial charge >= 0.3 is 10.1 Å². The van der Waals surface area contributed by atoms with Crippen molar-refractivity contribution in [3.8, 4) is 0 Å². The molecule has 0 aliphatic rings. The van der Waals surface area contributed by atoms with Crippen LogP contribution in [0.2, 0.25) is 9.36 Å². The van der Waals surface area contributed by atoms with Gasteiger partial charge in [-0.1, -0.05) is 23.2 Å². The van der Waals surface area contributed by atoms with E-state index in [0.717, 1.165) is 0 Å². The molecule has 8 heteroatoms. The van der Waals surface area contributed by atoms with E-state index in [1.54, 1.807) is 0 Å². The van der Waals surface area contributed by atoms with E-state index in [9.17, 15) is 12.8 Å². The molecule has 0 saturated heterocycles. The summed E-state index contributed by atoms with van der Waals surface area (Å²) in [6.07, 6.45) is 0. The maximum absolute atomic E-state index is 12.8. The quantitative estimate of drug-likeness (QED) is 0.780. The highest BCUT2D eigenvalue weighted by Gasteiger charge is 2.24. The molecule has 12 heavy (non-hydrogen) atoms. The second kappa shape index (κ2) is 3.12. The summed E-state index contributed by atoms with van der Waals surface area (Å²) in [4.78, 5) is 0. The van der Waals surface area contributed by atoms with Crippen LogP contribution in [-0.2, 0) is 10.1 Å². The van der Waals surface area contributed by atoms with Crippen LogP contribution in [0.15, 0.2) is 4.21 Å². The maximum atomic E-state index is 12.8. The van der Waals surface area contributed by atoms with E-state index in [-0.39, 0.29) is 4.34 Å². The summed E-state index contributed by atoms with van der Waals surface area (Å²) < 4.78 is 41.0. The molecule has 1 aromatic heterocycles. The normalized spacial score (nSPS) is 12.0. The van der Waals surface area contributed by atoms with Crippen molar-refractivity contribution >= 4 is 44.7 Å². The first kappa shape index (κ1) is 10.2. The summed E-state index contributed by atoms with van der Waals surface area (Å²) in [7, 11) is -4.56. The second-order valence-electron chi connectivity index (χ2n) is 1.77. The smallest absolute Gasteiger partial charge is 0.281 e. The topological polar surface area (TPSA) is 54.4 Å². The highest BCUT2D eigenvalue weighted by Crippen LogP contribution is 2.37. The molecule has 0 atom stereocenters. The summed E-state index contributed by atoms with van der Waals surface area (Å²) in [5.74, 6) is -1.21. The lowest BCUT2D eigenvalue weighted by atomic mass is 10.6. The van der Waals surface area contributed by atoms with Crippen LogP contribution in [0.5, 0.6) is 0 Å². The molecular weight excluding hydrogens is 250 g/mol. The zero-order valence-electron chi connectivity index (χ0n) is 5.21. The van der Waals surface area contributed by atoms with Crippen molar-refractivity contribution in [3.63, 3.8) is 0 Å². The van der Waals surface area contributed by atoms with Gasteiger partial charge in [-0.15, -0.1) is 11.3 Å². The fraction of sp³-hybridized carbons (Fsp3) is 0. The minimum atomic E-state index is -4.56. The molecule has 0 spiro atoms. The number of hydrogen-bond donors (Lipinski definition) is 1. The van der Waals surface area contributed by atoms with Crippen molar-refractivity contribution in [2.45, 2.75) is 4.21 Å². The number of thiophene rings is 1. The molecule has 1 rings (SSSR count). The largest absolute Gasteiger partial charge is 0.307 e. The first-order valence-electron chi connectivity index (χ1n) is 2.45. The molecular formula is C4HCl2FO3S2. The Balaban J connectivity index is 3.48. The Bertz CT molecular complexity index is 410. The highest BCUT2D eigenvalue weighted by atomic mass is 35.5. The van der Waals surface area contributed by atoms with E-state index >= 15 is 0 Å². The minimum Gasteiger partial charge on any atom is -0.281 e. The summed E-state index contributed by atoms with van der Waals surface area (Å²) >= 11 is 10.9. The van der Waals surface area contributed by atoms with Crippen LogP contribution in [0, 0.1) is 5.82 Å². The Morgan fingerprint density at radius 2 is 1.92 bits per heavy atom. The van der Waals surface area contributed by atoms with Gasteiger partial charge in [0.25, 0.3) is 0 Å². The third kappa shape index (κ3) is 1.72. The Kier molecular flexibility index (Phi) is 2.65. The Labute approximate surface area is 81.5 Å². The van der Waals surface area contributed by atoms with Crippen LogP contribution in [-0.4, -0.2) is 13.0 Å². The van der Waals surface area contributed by atoms with E-state index in [1.807, 2.05) is 0 Å². The first-order valence-corrected chi connectivity index (χ1v) is 5.46. The molecule has 0 unspecified atom stereocenters. The van der Waals surface area contributed by atoms with E-state index in [2.05, 4.69) is 0 Å². The van der Waals surface area contributed by atoms with Crippen molar-refractivity contribution in [1.82, 2.24) is 0 Å². The second-order valence-corrected chi connectivity index (χ2v) is 5.38. The Hall–Kier alpha value is 0.120. The summed E-state index contributed by atoms with van der Waals surface area (Å²) in [6, 6.07) is 0. The van der Waals surface area contributed by atoms with Crippen LogP contribution in [0.1, 0.15) is 0 Å². The molecule has 1 N–H and O–H groups in total. The molecule has 1 heterocycles. The molecule has 0 fully saturated rings. The van der Waals surface area contributed by atoms with Gasteiger partial charge in [0.2, 0.25) is 0 Å². The lowest BCUT2D eigenvalue weighted by molar-refractivity contribution is 0.478. The Morgan fingerprint density at radius 1 is 1.42 bits per heavy atom. The predicted molar refractivity (Wildman–Crippen MR) is 44.1 cm³/mol. The van der Waals surface area contributed by atoms with Crippen LogP contribution in [0.4, 0.5) is 4.39 Å². The predicted octanol–water partition coefficient (Wildman–Crippen LogP) is 2.44. The molecule has 0 aromatic carbocycles. The van der Waals surface area contributed by atoms with Gasteiger partial charge in [-0.05, 0) is 0 Å². The van der Waals surface area contributed by atoms with Gasteiger partial charge in [0.1, 0.15) is 9.36 Å². The fourth-order valence-corrected chi connectivity index (χ4v) is 2.82. The number of halogens is 3. The molecule has 3 nitrogen and oxygen atoms in total. The van der Waals surface area contributed by atoms with Crippen molar-refractivity contribution in [1.29, 1.82) is 0 Å². The van der Waals surface area contributed by atoms with E-state index in [4.69, 9.17) is 27.8 Å². The zero-order chi connectivity index (χ0) is 9.52. The van der Waals surface area contributed by atoms with Crippen LogP contribution < -0.4 is 0 Å². The van der Waals surface area contributed by atoms with Crippen molar-refractivity contribution in [2.24, 2.45) is 0 Å². The van der Waals surface area contributed by atoms with Gasteiger partial charge in [-0.25, -0.2) is 4.39 Å². The lowest BCUT2D eigenvalue weighted by Gasteiger charge is -1.88. The Morgan fingerprint density at radius 3 is 2.08 bits per heavy atom. The van der Waals surface area contributed by atoms with Crippen LogP contribution in [0.3, 0.4) is 0 Å². The monoisotopic (exact) mass is 250 g/mol. The highest BCUT2D eigenvalue weighted by molar-refractivity contribution is 7.88. The zero-order valence-corrected chi connectivity index (χ0v) is 8.36. The van der Waals surface area contributed by atoms with Gasteiger partial charge in [-0.2, -0.15) is 8.42 Å². The van der Waals surface area contributed by atoms with Crippen molar-refractivity contribution in [3.05, 3.63) is 15.2 Å². The molecule has 1 aromatic rings. The molecule has 0 saturated carbocycles. The van der Waals surface area contributed by atoms with Gasteiger partial charge < -0.3 is 0 Å². The standard InChI is InChI=1S/C4HCl2FO3S2/c5-1-2(7)4(11-3(1)6)12(8,9)10/h(H,8,9,10). The van der Waals surface area contributed by atoms with E-state index in [0.29, 0.717) is 11.3 Å². The van der Waals surface area contributed by atoms with Gasteiger partial charge in [0.15, 0.2) is 10.0 Å². The lowest BCUT2D eigenvalue weighted by Crippen LogP contribution is -1.96. The number of hydrogen-bond acceptors (Lipinski definition) is 3. The number of rotatable bonds is 1. The van der Waals surface area contributed by atoms with E-state index < -0.39 is 25.2 Å².